The third-order valence-corrected chi connectivity index (χ3v) is 6.54. The Morgan fingerprint density at radius 1 is 1.09 bits per heavy atom. The number of aliphatic hydroxyl groups excluding tert-OH is 2. The summed E-state index contributed by atoms with van der Waals surface area (Å²) in [4.78, 5) is 29.1. The van der Waals surface area contributed by atoms with Crippen molar-refractivity contribution in [2.75, 3.05) is 59.1 Å². The van der Waals surface area contributed by atoms with Crippen molar-refractivity contribution >= 4 is 11.8 Å². The van der Waals surface area contributed by atoms with Gasteiger partial charge in [-0.2, -0.15) is 0 Å². The van der Waals surface area contributed by atoms with Crippen molar-refractivity contribution < 1.29 is 29.3 Å². The average Bonchev–Trinajstić information content (AvgIpc) is 2.79. The molecule has 0 aromatic heterocycles. The first-order valence-electron chi connectivity index (χ1n) is 12.6. The van der Waals surface area contributed by atoms with E-state index in [0.717, 1.165) is 45.2 Å². The zero-order chi connectivity index (χ0) is 24.2. The van der Waals surface area contributed by atoms with E-state index in [9.17, 15) is 19.8 Å². The van der Waals surface area contributed by atoms with Crippen molar-refractivity contribution in [2.45, 2.75) is 71.2 Å². The second kappa shape index (κ2) is 14.9. The van der Waals surface area contributed by atoms with Gasteiger partial charge < -0.3 is 34.8 Å². The van der Waals surface area contributed by atoms with Gasteiger partial charge in [0.15, 0.2) is 0 Å². The number of rotatable bonds is 5. The predicted molar refractivity (Wildman–Crippen MR) is 126 cm³/mol. The standard InChI is InChI=1S/C24H45N3O6/c1-18(2)8-15-33-22-16-27(19(3)28)13-12-26(24(31)20-6-9-25-10-7-20)11-4-5-14-32-17-21(29)23(22)30/h18,20-23,25,29-30H,4-17H2,1-3H3/t21-,22-,23-/m1/s1. The van der Waals surface area contributed by atoms with E-state index in [1.807, 2.05) is 4.90 Å². The fourth-order valence-electron chi connectivity index (χ4n) is 4.27. The topological polar surface area (TPSA) is 112 Å². The van der Waals surface area contributed by atoms with E-state index in [0.29, 0.717) is 38.8 Å². The van der Waals surface area contributed by atoms with Crippen LogP contribution in [0, 0.1) is 11.8 Å². The Balaban J connectivity index is 2.12. The van der Waals surface area contributed by atoms with Gasteiger partial charge in [-0.1, -0.05) is 13.8 Å². The fourth-order valence-corrected chi connectivity index (χ4v) is 4.27. The number of nitrogens with zero attached hydrogens (tertiary/aromatic N) is 2. The maximum Gasteiger partial charge on any atom is 0.225 e. The Morgan fingerprint density at radius 2 is 1.79 bits per heavy atom. The van der Waals surface area contributed by atoms with Crippen molar-refractivity contribution in [3.05, 3.63) is 0 Å². The number of carbonyl (C=O) groups is 2. The molecule has 3 atom stereocenters. The Labute approximate surface area is 198 Å². The van der Waals surface area contributed by atoms with Crippen LogP contribution >= 0.6 is 0 Å². The highest BCUT2D eigenvalue weighted by atomic mass is 16.5. The minimum absolute atomic E-state index is 0.00297. The van der Waals surface area contributed by atoms with E-state index >= 15 is 0 Å². The van der Waals surface area contributed by atoms with E-state index in [-0.39, 0.29) is 30.9 Å². The molecule has 2 rings (SSSR count). The largest absolute Gasteiger partial charge is 0.388 e. The number of hydrogen-bond acceptors (Lipinski definition) is 7. The molecule has 2 heterocycles. The van der Waals surface area contributed by atoms with Gasteiger partial charge in [0.2, 0.25) is 11.8 Å². The molecule has 0 aromatic rings. The summed E-state index contributed by atoms with van der Waals surface area (Å²) in [5, 5.41) is 24.5. The Bertz CT molecular complexity index is 585. The van der Waals surface area contributed by atoms with E-state index in [1.165, 1.54) is 6.92 Å². The van der Waals surface area contributed by atoms with Gasteiger partial charge in [-0.15, -0.1) is 0 Å². The SMILES string of the molecule is CC(=O)N1CCN(C(=O)C2CCNCC2)CCCCOC[C@@H](O)[C@@H](O)[C@H](OCCC(C)C)C1. The minimum atomic E-state index is -1.17. The number of piperidine rings is 1. The van der Waals surface area contributed by atoms with Gasteiger partial charge in [0.05, 0.1) is 6.61 Å². The molecule has 0 unspecified atom stereocenters. The Morgan fingerprint density at radius 3 is 2.45 bits per heavy atom. The molecule has 3 N–H and O–H groups in total. The van der Waals surface area contributed by atoms with Crippen molar-refractivity contribution in [3.63, 3.8) is 0 Å². The molecule has 2 aliphatic rings. The maximum atomic E-state index is 13.2. The zero-order valence-electron chi connectivity index (χ0n) is 20.7. The molecule has 9 heteroatoms. The van der Waals surface area contributed by atoms with Crippen LogP contribution in [0.2, 0.25) is 0 Å². The maximum absolute atomic E-state index is 13.2. The molecular formula is C24H45N3O6. The monoisotopic (exact) mass is 471 g/mol. The van der Waals surface area contributed by atoms with Crippen LogP contribution in [0.3, 0.4) is 0 Å². The molecular weight excluding hydrogens is 426 g/mol. The lowest BCUT2D eigenvalue weighted by Crippen LogP contribution is -2.51. The number of ether oxygens (including phenoxy) is 2. The van der Waals surface area contributed by atoms with Crippen LogP contribution in [0.25, 0.3) is 0 Å². The van der Waals surface area contributed by atoms with Crippen molar-refractivity contribution in [1.29, 1.82) is 0 Å². The molecule has 0 bridgehead atoms. The fraction of sp³-hybridized carbons (Fsp3) is 0.917. The van der Waals surface area contributed by atoms with E-state index in [2.05, 4.69) is 19.2 Å². The summed E-state index contributed by atoms with van der Waals surface area (Å²) in [7, 11) is 0. The predicted octanol–water partition coefficient (Wildman–Crippen LogP) is 0.627. The zero-order valence-corrected chi connectivity index (χ0v) is 20.7. The average molecular weight is 472 g/mol. The van der Waals surface area contributed by atoms with E-state index in [4.69, 9.17) is 9.47 Å². The third-order valence-electron chi connectivity index (χ3n) is 6.54. The summed E-state index contributed by atoms with van der Waals surface area (Å²) in [6.07, 6.45) is 1.03. The minimum Gasteiger partial charge on any atom is -0.388 e. The van der Waals surface area contributed by atoms with Crippen LogP contribution < -0.4 is 5.32 Å². The third kappa shape index (κ3) is 9.86. The second-order valence-corrected chi connectivity index (χ2v) is 9.75. The van der Waals surface area contributed by atoms with Gasteiger partial charge in [0.25, 0.3) is 0 Å². The Kier molecular flexibility index (Phi) is 12.6. The smallest absolute Gasteiger partial charge is 0.225 e. The highest BCUT2D eigenvalue weighted by Crippen LogP contribution is 2.17. The first-order valence-corrected chi connectivity index (χ1v) is 12.6. The molecule has 192 valence electrons. The molecule has 9 nitrogen and oxygen atoms in total. The highest BCUT2D eigenvalue weighted by molar-refractivity contribution is 5.79. The summed E-state index contributed by atoms with van der Waals surface area (Å²) >= 11 is 0. The van der Waals surface area contributed by atoms with E-state index in [1.54, 1.807) is 4.90 Å². The van der Waals surface area contributed by atoms with Crippen LogP contribution in [0.4, 0.5) is 0 Å². The summed E-state index contributed by atoms with van der Waals surface area (Å²) in [6, 6.07) is 0. The van der Waals surface area contributed by atoms with Crippen molar-refractivity contribution in [2.24, 2.45) is 11.8 Å². The summed E-state index contributed by atoms with van der Waals surface area (Å²) < 4.78 is 11.5. The summed E-state index contributed by atoms with van der Waals surface area (Å²) in [6.45, 7) is 9.85. The number of amides is 2. The molecule has 0 saturated carbocycles. The molecule has 0 radical (unpaired) electrons. The molecule has 33 heavy (non-hydrogen) atoms. The quantitative estimate of drug-likeness (QED) is 0.539. The first kappa shape index (κ1) is 28.0. The second-order valence-electron chi connectivity index (χ2n) is 9.75. The molecule has 2 fully saturated rings. The lowest BCUT2D eigenvalue weighted by Gasteiger charge is -2.35. The van der Waals surface area contributed by atoms with Gasteiger partial charge in [0, 0.05) is 52.2 Å². The van der Waals surface area contributed by atoms with Crippen LogP contribution in [-0.2, 0) is 19.1 Å². The molecule has 2 saturated heterocycles. The molecule has 2 amide bonds. The molecule has 2 aliphatic heterocycles. The van der Waals surface area contributed by atoms with Gasteiger partial charge in [0.1, 0.15) is 18.3 Å². The van der Waals surface area contributed by atoms with Crippen LogP contribution in [0.15, 0.2) is 0 Å². The summed E-state index contributed by atoms with van der Waals surface area (Å²) in [5.41, 5.74) is 0. The van der Waals surface area contributed by atoms with Crippen LogP contribution in [0.1, 0.15) is 52.9 Å². The van der Waals surface area contributed by atoms with Gasteiger partial charge in [-0.3, -0.25) is 9.59 Å². The van der Waals surface area contributed by atoms with Crippen LogP contribution in [0.5, 0.6) is 0 Å². The molecule has 0 aromatic carbocycles. The summed E-state index contributed by atoms with van der Waals surface area (Å²) in [5.74, 6) is 0.476. The normalized spacial score (nSPS) is 27.4. The highest BCUT2D eigenvalue weighted by Gasteiger charge is 2.31. The van der Waals surface area contributed by atoms with Gasteiger partial charge >= 0.3 is 0 Å². The van der Waals surface area contributed by atoms with Gasteiger partial charge in [-0.05, 0) is 51.1 Å². The molecule has 0 aliphatic carbocycles. The number of hydrogen-bond donors (Lipinski definition) is 3. The van der Waals surface area contributed by atoms with Gasteiger partial charge in [-0.25, -0.2) is 0 Å². The number of aliphatic hydroxyl groups is 2. The Hall–Kier alpha value is -1.26. The number of nitrogens with one attached hydrogen (secondary N) is 1. The molecule has 0 spiro atoms. The van der Waals surface area contributed by atoms with Crippen molar-refractivity contribution in [3.8, 4) is 0 Å². The number of carbonyl (C=O) groups excluding carboxylic acids is 2. The van der Waals surface area contributed by atoms with E-state index < -0.39 is 18.3 Å². The first-order chi connectivity index (χ1) is 15.8. The lowest BCUT2D eigenvalue weighted by molar-refractivity contribution is -0.143. The lowest BCUT2D eigenvalue weighted by atomic mass is 9.96. The van der Waals surface area contributed by atoms with Crippen molar-refractivity contribution in [1.82, 2.24) is 15.1 Å². The van der Waals surface area contributed by atoms with Crippen LogP contribution in [-0.4, -0.2) is 109 Å².